The van der Waals surface area contributed by atoms with Crippen LogP contribution in [-0.2, 0) is 16.6 Å². The molecule has 0 amide bonds. The van der Waals surface area contributed by atoms with Crippen LogP contribution in [0.3, 0.4) is 0 Å². The molecule has 1 aromatic carbocycles. The predicted octanol–water partition coefficient (Wildman–Crippen LogP) is 2.78. The SMILES string of the molecule is CCn1ncc(S(=O)(=O)N2CCCC(c3ccccc3)C2)c1C. The Labute approximate surface area is 138 Å². The average Bonchev–Trinajstić information content (AvgIpc) is 2.97. The van der Waals surface area contributed by atoms with Crippen LogP contribution in [-0.4, -0.2) is 35.6 Å². The molecule has 1 atom stereocenters. The van der Waals surface area contributed by atoms with E-state index in [1.165, 1.54) is 11.8 Å². The Balaban J connectivity index is 1.86. The second-order valence-electron chi connectivity index (χ2n) is 6.02. The van der Waals surface area contributed by atoms with Crippen LogP contribution in [0.4, 0.5) is 0 Å². The fourth-order valence-electron chi connectivity index (χ4n) is 3.30. The molecule has 0 saturated carbocycles. The first kappa shape index (κ1) is 16.2. The number of aryl methyl sites for hydroxylation is 1. The molecule has 0 spiro atoms. The minimum absolute atomic E-state index is 0.265. The standard InChI is InChI=1S/C17H23N3O2S/c1-3-20-14(2)17(12-18-20)23(21,22)19-11-7-10-16(13-19)15-8-5-4-6-9-15/h4-6,8-9,12,16H,3,7,10-11,13H2,1-2H3. The van der Waals surface area contributed by atoms with E-state index in [0.717, 1.165) is 12.8 Å². The first-order valence-corrected chi connectivity index (χ1v) is 9.55. The number of aromatic nitrogens is 2. The summed E-state index contributed by atoms with van der Waals surface area (Å²) in [7, 11) is -3.47. The Kier molecular flexibility index (Phi) is 4.55. The van der Waals surface area contributed by atoms with Crippen molar-refractivity contribution in [1.29, 1.82) is 0 Å². The molecule has 2 heterocycles. The summed E-state index contributed by atoms with van der Waals surface area (Å²) < 4.78 is 29.3. The summed E-state index contributed by atoms with van der Waals surface area (Å²) in [6.45, 7) is 5.59. The Hall–Kier alpha value is -1.66. The van der Waals surface area contributed by atoms with Crippen LogP contribution in [0.5, 0.6) is 0 Å². The normalized spacial score (nSPS) is 19.8. The summed E-state index contributed by atoms with van der Waals surface area (Å²) in [6, 6.07) is 10.2. The maximum absolute atomic E-state index is 13.0. The number of piperidine rings is 1. The van der Waals surface area contributed by atoms with Gasteiger partial charge in [-0.15, -0.1) is 0 Å². The van der Waals surface area contributed by atoms with Crippen molar-refractivity contribution in [2.45, 2.75) is 44.0 Å². The molecule has 6 heteroatoms. The zero-order valence-electron chi connectivity index (χ0n) is 13.6. The van der Waals surface area contributed by atoms with Gasteiger partial charge in [0.1, 0.15) is 4.90 Å². The fourth-order valence-corrected chi connectivity index (χ4v) is 4.98. The lowest BCUT2D eigenvalue weighted by Gasteiger charge is -2.32. The summed E-state index contributed by atoms with van der Waals surface area (Å²) in [5.74, 6) is 0.265. The zero-order chi connectivity index (χ0) is 16.4. The minimum atomic E-state index is -3.47. The highest BCUT2D eigenvalue weighted by Gasteiger charge is 2.33. The Bertz CT molecular complexity index is 768. The van der Waals surface area contributed by atoms with E-state index in [2.05, 4.69) is 17.2 Å². The Morgan fingerprint density at radius 2 is 2.00 bits per heavy atom. The molecule has 124 valence electrons. The summed E-state index contributed by atoms with van der Waals surface area (Å²) in [5.41, 5.74) is 1.93. The van der Waals surface area contributed by atoms with Gasteiger partial charge in [-0.3, -0.25) is 4.68 Å². The molecule has 0 N–H and O–H groups in total. The Morgan fingerprint density at radius 1 is 1.26 bits per heavy atom. The smallest absolute Gasteiger partial charge is 0.246 e. The van der Waals surface area contributed by atoms with E-state index in [9.17, 15) is 8.42 Å². The van der Waals surface area contributed by atoms with Crippen molar-refractivity contribution in [2.75, 3.05) is 13.1 Å². The van der Waals surface area contributed by atoms with E-state index in [4.69, 9.17) is 0 Å². The number of hydrogen-bond donors (Lipinski definition) is 0. The van der Waals surface area contributed by atoms with Crippen LogP contribution in [0.1, 0.15) is 36.9 Å². The number of sulfonamides is 1. The molecule has 1 aliphatic rings. The lowest BCUT2D eigenvalue weighted by atomic mass is 9.92. The van der Waals surface area contributed by atoms with Crippen LogP contribution in [0, 0.1) is 6.92 Å². The largest absolute Gasteiger partial charge is 0.269 e. The van der Waals surface area contributed by atoms with Gasteiger partial charge in [0.05, 0.1) is 11.9 Å². The molecule has 0 bridgehead atoms. The molecule has 1 aromatic heterocycles. The highest BCUT2D eigenvalue weighted by atomic mass is 32.2. The minimum Gasteiger partial charge on any atom is -0.269 e. The lowest BCUT2D eigenvalue weighted by molar-refractivity contribution is 0.315. The van der Waals surface area contributed by atoms with E-state index in [0.29, 0.717) is 30.2 Å². The van der Waals surface area contributed by atoms with E-state index >= 15 is 0 Å². The first-order chi connectivity index (χ1) is 11.0. The highest BCUT2D eigenvalue weighted by molar-refractivity contribution is 7.89. The van der Waals surface area contributed by atoms with Crippen LogP contribution < -0.4 is 0 Å². The van der Waals surface area contributed by atoms with Crippen LogP contribution in [0.2, 0.25) is 0 Å². The van der Waals surface area contributed by atoms with E-state index in [1.807, 2.05) is 32.0 Å². The molecule has 23 heavy (non-hydrogen) atoms. The van der Waals surface area contributed by atoms with Crippen molar-refractivity contribution < 1.29 is 8.42 Å². The van der Waals surface area contributed by atoms with Crippen molar-refractivity contribution in [3.05, 3.63) is 47.8 Å². The van der Waals surface area contributed by atoms with Gasteiger partial charge in [-0.2, -0.15) is 9.40 Å². The molecule has 5 nitrogen and oxygen atoms in total. The third-order valence-electron chi connectivity index (χ3n) is 4.63. The summed E-state index contributed by atoms with van der Waals surface area (Å²) >= 11 is 0. The Morgan fingerprint density at radius 3 is 2.65 bits per heavy atom. The van der Waals surface area contributed by atoms with Gasteiger partial charge in [-0.25, -0.2) is 8.42 Å². The number of benzene rings is 1. The topological polar surface area (TPSA) is 55.2 Å². The maximum atomic E-state index is 13.0. The molecule has 0 radical (unpaired) electrons. The molecule has 0 aliphatic carbocycles. The van der Waals surface area contributed by atoms with Crippen molar-refractivity contribution in [1.82, 2.24) is 14.1 Å². The molecular weight excluding hydrogens is 310 g/mol. The monoisotopic (exact) mass is 333 g/mol. The maximum Gasteiger partial charge on any atom is 0.246 e. The predicted molar refractivity (Wildman–Crippen MR) is 89.8 cm³/mol. The summed E-state index contributed by atoms with van der Waals surface area (Å²) in [6.07, 6.45) is 3.41. The quantitative estimate of drug-likeness (QED) is 0.864. The highest BCUT2D eigenvalue weighted by Crippen LogP contribution is 2.30. The molecule has 1 saturated heterocycles. The van der Waals surface area contributed by atoms with E-state index < -0.39 is 10.0 Å². The third kappa shape index (κ3) is 3.05. The summed E-state index contributed by atoms with van der Waals surface area (Å²) in [5, 5.41) is 4.18. The van der Waals surface area contributed by atoms with Crippen molar-refractivity contribution in [3.8, 4) is 0 Å². The average molecular weight is 333 g/mol. The van der Waals surface area contributed by atoms with Gasteiger partial charge in [0, 0.05) is 19.6 Å². The van der Waals surface area contributed by atoms with Gasteiger partial charge in [-0.1, -0.05) is 30.3 Å². The van der Waals surface area contributed by atoms with Gasteiger partial charge in [0.15, 0.2) is 0 Å². The molecule has 1 aliphatic heterocycles. The lowest BCUT2D eigenvalue weighted by Crippen LogP contribution is -2.39. The molecular formula is C17H23N3O2S. The van der Waals surface area contributed by atoms with Crippen molar-refractivity contribution >= 4 is 10.0 Å². The molecule has 1 fully saturated rings. The van der Waals surface area contributed by atoms with Crippen LogP contribution in [0.25, 0.3) is 0 Å². The van der Waals surface area contributed by atoms with E-state index in [-0.39, 0.29) is 5.92 Å². The molecule has 3 rings (SSSR count). The fraction of sp³-hybridized carbons (Fsp3) is 0.471. The number of hydrogen-bond acceptors (Lipinski definition) is 3. The van der Waals surface area contributed by atoms with Crippen LogP contribution in [0.15, 0.2) is 41.4 Å². The second-order valence-corrected chi connectivity index (χ2v) is 7.93. The van der Waals surface area contributed by atoms with Crippen molar-refractivity contribution in [2.24, 2.45) is 0 Å². The van der Waals surface area contributed by atoms with Gasteiger partial charge < -0.3 is 0 Å². The van der Waals surface area contributed by atoms with E-state index in [1.54, 1.807) is 8.99 Å². The zero-order valence-corrected chi connectivity index (χ0v) is 14.5. The van der Waals surface area contributed by atoms with Crippen LogP contribution >= 0.6 is 0 Å². The van der Waals surface area contributed by atoms with Gasteiger partial charge in [0.2, 0.25) is 10.0 Å². The van der Waals surface area contributed by atoms with Crippen molar-refractivity contribution in [3.63, 3.8) is 0 Å². The van der Waals surface area contributed by atoms with Gasteiger partial charge in [0.25, 0.3) is 0 Å². The first-order valence-electron chi connectivity index (χ1n) is 8.11. The van der Waals surface area contributed by atoms with Gasteiger partial charge >= 0.3 is 0 Å². The summed E-state index contributed by atoms with van der Waals surface area (Å²) in [4.78, 5) is 0.341. The second kappa shape index (κ2) is 6.45. The van der Waals surface area contributed by atoms with Gasteiger partial charge in [-0.05, 0) is 38.2 Å². The number of nitrogens with zero attached hydrogens (tertiary/aromatic N) is 3. The number of rotatable bonds is 4. The third-order valence-corrected chi connectivity index (χ3v) is 6.60. The molecule has 2 aromatic rings. The molecule has 1 unspecified atom stereocenters.